The van der Waals surface area contributed by atoms with Gasteiger partial charge in [-0.2, -0.15) is 0 Å². The molecule has 0 bridgehead atoms. The molecule has 8 heteroatoms. The number of hydrogen-bond acceptors (Lipinski definition) is 5. The van der Waals surface area contributed by atoms with E-state index in [2.05, 4.69) is 22.4 Å². The lowest BCUT2D eigenvalue weighted by Gasteiger charge is -2.29. The van der Waals surface area contributed by atoms with Gasteiger partial charge in [0.2, 0.25) is 5.91 Å². The zero-order valence-electron chi connectivity index (χ0n) is 15.3. The highest BCUT2D eigenvalue weighted by molar-refractivity contribution is 7.99. The minimum Gasteiger partial charge on any atom is -0.370 e. The molecule has 2 N–H and O–H groups in total. The van der Waals surface area contributed by atoms with Crippen LogP contribution in [0.4, 0.5) is 0 Å². The summed E-state index contributed by atoms with van der Waals surface area (Å²) in [5.74, 6) is 2.06. The number of carbonyl (C=O) groups excluding carboxylic acids is 1. The Labute approximate surface area is 153 Å². The van der Waals surface area contributed by atoms with Crippen molar-refractivity contribution in [2.24, 2.45) is 13.0 Å². The van der Waals surface area contributed by atoms with E-state index in [-0.39, 0.29) is 5.91 Å². The highest BCUT2D eigenvalue weighted by atomic mass is 32.2. The molecule has 1 aromatic heterocycles. The third kappa shape index (κ3) is 5.18. The van der Waals surface area contributed by atoms with Crippen LogP contribution in [0, 0.1) is 5.92 Å². The molecule has 1 aliphatic carbocycles. The van der Waals surface area contributed by atoms with E-state index in [0.29, 0.717) is 17.7 Å². The predicted molar refractivity (Wildman–Crippen MR) is 96.5 cm³/mol. The molecule has 1 amide bonds. The Morgan fingerprint density at radius 3 is 2.84 bits per heavy atom. The molecule has 1 aromatic rings. The Bertz CT molecular complexity index is 573. The van der Waals surface area contributed by atoms with Crippen molar-refractivity contribution in [1.82, 2.24) is 20.1 Å². The van der Waals surface area contributed by atoms with Gasteiger partial charge in [-0.05, 0) is 18.8 Å². The SMILES string of the molecule is C[C@@H]1CCCC[C@H]1NC(=O)CSc1nnc(C[NH+]2CCOCC2)n1C. The molecule has 140 valence electrons. The van der Waals surface area contributed by atoms with Gasteiger partial charge < -0.3 is 19.5 Å². The number of hydrogen-bond donors (Lipinski definition) is 2. The number of nitrogens with one attached hydrogen (secondary N) is 2. The third-order valence-electron chi connectivity index (χ3n) is 5.32. The first-order valence-electron chi connectivity index (χ1n) is 9.35. The van der Waals surface area contributed by atoms with Crippen LogP contribution < -0.4 is 10.2 Å². The molecule has 2 aliphatic rings. The van der Waals surface area contributed by atoms with Crippen molar-refractivity contribution < 1.29 is 14.4 Å². The Balaban J connectivity index is 1.47. The molecule has 1 saturated heterocycles. The first kappa shape index (κ1) is 18.7. The highest BCUT2D eigenvalue weighted by Gasteiger charge is 2.23. The lowest BCUT2D eigenvalue weighted by atomic mass is 9.86. The van der Waals surface area contributed by atoms with E-state index in [1.54, 1.807) is 0 Å². The lowest BCUT2D eigenvalue weighted by molar-refractivity contribution is -0.922. The van der Waals surface area contributed by atoms with Crippen LogP contribution in [-0.2, 0) is 23.1 Å². The molecule has 0 spiro atoms. The van der Waals surface area contributed by atoms with Crippen LogP contribution in [0.15, 0.2) is 5.16 Å². The number of amides is 1. The van der Waals surface area contributed by atoms with Crippen LogP contribution in [0.2, 0.25) is 0 Å². The number of ether oxygens (including phenoxy) is 1. The smallest absolute Gasteiger partial charge is 0.230 e. The van der Waals surface area contributed by atoms with Crippen molar-refractivity contribution >= 4 is 17.7 Å². The third-order valence-corrected chi connectivity index (χ3v) is 6.34. The molecule has 0 radical (unpaired) electrons. The van der Waals surface area contributed by atoms with E-state index >= 15 is 0 Å². The lowest BCUT2D eigenvalue weighted by Crippen LogP contribution is -3.12. The topological polar surface area (TPSA) is 73.5 Å². The van der Waals surface area contributed by atoms with Crippen LogP contribution in [0.25, 0.3) is 0 Å². The Morgan fingerprint density at radius 1 is 1.32 bits per heavy atom. The summed E-state index contributed by atoms with van der Waals surface area (Å²) in [6.45, 7) is 6.75. The van der Waals surface area contributed by atoms with Gasteiger partial charge in [0, 0.05) is 13.1 Å². The van der Waals surface area contributed by atoms with E-state index in [1.807, 2.05) is 11.6 Å². The summed E-state index contributed by atoms with van der Waals surface area (Å²) < 4.78 is 7.41. The van der Waals surface area contributed by atoms with Gasteiger partial charge in [-0.25, -0.2) is 0 Å². The maximum absolute atomic E-state index is 12.3. The molecule has 2 fully saturated rings. The summed E-state index contributed by atoms with van der Waals surface area (Å²) in [6, 6.07) is 0.335. The minimum absolute atomic E-state index is 0.104. The zero-order valence-corrected chi connectivity index (χ0v) is 16.1. The molecule has 1 aliphatic heterocycles. The largest absolute Gasteiger partial charge is 0.370 e. The second-order valence-electron chi connectivity index (χ2n) is 7.22. The fourth-order valence-electron chi connectivity index (χ4n) is 3.59. The number of thioether (sulfide) groups is 1. The second-order valence-corrected chi connectivity index (χ2v) is 8.16. The van der Waals surface area contributed by atoms with E-state index in [4.69, 9.17) is 4.74 Å². The molecule has 1 saturated carbocycles. The van der Waals surface area contributed by atoms with Gasteiger partial charge in [-0.3, -0.25) is 4.79 Å². The fourth-order valence-corrected chi connectivity index (χ4v) is 4.34. The Hall–Kier alpha value is -1.12. The van der Waals surface area contributed by atoms with Crippen molar-refractivity contribution in [3.8, 4) is 0 Å². The molecule has 7 nitrogen and oxygen atoms in total. The van der Waals surface area contributed by atoms with Crippen LogP contribution in [-0.4, -0.2) is 58.8 Å². The summed E-state index contributed by atoms with van der Waals surface area (Å²) in [6.07, 6.45) is 4.83. The molecule has 2 heterocycles. The van der Waals surface area contributed by atoms with Crippen LogP contribution >= 0.6 is 11.8 Å². The first-order chi connectivity index (χ1) is 12.1. The van der Waals surface area contributed by atoms with Gasteiger partial charge in [0.25, 0.3) is 0 Å². The zero-order chi connectivity index (χ0) is 17.6. The molecule has 3 rings (SSSR count). The monoisotopic (exact) mass is 368 g/mol. The molecule has 2 atom stereocenters. The van der Waals surface area contributed by atoms with Crippen LogP contribution in [0.5, 0.6) is 0 Å². The van der Waals surface area contributed by atoms with Gasteiger partial charge >= 0.3 is 0 Å². The van der Waals surface area contributed by atoms with Gasteiger partial charge in [0.1, 0.15) is 19.6 Å². The number of morpholine rings is 1. The normalized spacial score (nSPS) is 25.0. The maximum Gasteiger partial charge on any atom is 0.230 e. The predicted octanol–water partition coefficient (Wildman–Crippen LogP) is 0.0172. The van der Waals surface area contributed by atoms with Gasteiger partial charge in [-0.15, -0.1) is 10.2 Å². The molecular formula is C17H30N5O2S+. The number of quaternary nitrogens is 1. The quantitative estimate of drug-likeness (QED) is 0.693. The minimum atomic E-state index is 0.104. The standard InChI is InChI=1S/C17H29N5O2S/c1-13-5-3-4-6-14(13)18-16(23)12-25-17-20-19-15(21(17)2)11-22-7-9-24-10-8-22/h13-14H,3-12H2,1-2H3,(H,18,23)/p+1/t13-,14-/m1/s1. The first-order valence-corrected chi connectivity index (χ1v) is 10.3. The van der Waals surface area contributed by atoms with Gasteiger partial charge in [0.05, 0.1) is 19.0 Å². The van der Waals surface area contributed by atoms with Crippen molar-refractivity contribution in [3.63, 3.8) is 0 Å². The van der Waals surface area contributed by atoms with Gasteiger partial charge in [-0.1, -0.05) is 31.5 Å². The van der Waals surface area contributed by atoms with E-state index in [9.17, 15) is 4.79 Å². The fraction of sp³-hybridized carbons (Fsp3) is 0.824. The van der Waals surface area contributed by atoms with E-state index in [0.717, 1.165) is 50.2 Å². The number of aromatic nitrogens is 3. The summed E-state index contributed by atoms with van der Waals surface area (Å²) in [4.78, 5) is 13.7. The highest BCUT2D eigenvalue weighted by Crippen LogP contribution is 2.24. The maximum atomic E-state index is 12.3. The summed E-state index contributed by atoms with van der Waals surface area (Å²) in [5, 5.41) is 12.6. The number of rotatable bonds is 6. The van der Waals surface area contributed by atoms with Gasteiger partial charge in [0.15, 0.2) is 11.0 Å². The van der Waals surface area contributed by atoms with Crippen LogP contribution in [0.1, 0.15) is 38.4 Å². The number of nitrogens with zero attached hydrogens (tertiary/aromatic N) is 3. The van der Waals surface area contributed by atoms with Crippen molar-refractivity contribution in [1.29, 1.82) is 0 Å². The molecular weight excluding hydrogens is 338 g/mol. The molecule has 0 aromatic carbocycles. The Morgan fingerprint density at radius 2 is 2.08 bits per heavy atom. The second kappa shape index (κ2) is 9.00. The van der Waals surface area contributed by atoms with E-state index in [1.165, 1.54) is 35.9 Å². The van der Waals surface area contributed by atoms with Crippen LogP contribution in [0.3, 0.4) is 0 Å². The van der Waals surface area contributed by atoms with Crippen molar-refractivity contribution in [3.05, 3.63) is 5.82 Å². The summed E-state index contributed by atoms with van der Waals surface area (Å²) in [7, 11) is 1.98. The Kier molecular flexibility index (Phi) is 6.72. The van der Waals surface area contributed by atoms with E-state index < -0.39 is 0 Å². The molecule has 0 unspecified atom stereocenters. The summed E-state index contributed by atoms with van der Waals surface area (Å²) >= 11 is 1.47. The number of carbonyl (C=O) groups is 1. The molecule has 25 heavy (non-hydrogen) atoms. The summed E-state index contributed by atoms with van der Waals surface area (Å²) in [5.41, 5.74) is 0. The average molecular weight is 369 g/mol. The van der Waals surface area contributed by atoms with Crippen molar-refractivity contribution in [2.75, 3.05) is 32.1 Å². The average Bonchev–Trinajstić information content (AvgIpc) is 2.96. The van der Waals surface area contributed by atoms with Crippen molar-refractivity contribution in [2.45, 2.75) is 50.4 Å².